The number of benzene rings is 3. The maximum absolute atomic E-state index is 14.6. The predicted octanol–water partition coefficient (Wildman–Crippen LogP) is 5.11. The molecule has 3 rings (SSSR count). The number of alkyl halides is 1. The van der Waals surface area contributed by atoms with E-state index in [0.717, 1.165) is 0 Å². The van der Waals surface area contributed by atoms with Crippen LogP contribution in [0.25, 0.3) is 0 Å². The third-order valence-electron chi connectivity index (χ3n) is 4.13. The molecule has 0 bridgehead atoms. The quantitative estimate of drug-likeness (QED) is 0.532. The summed E-state index contributed by atoms with van der Waals surface area (Å²) in [6.45, 7) is 1.81. The Hall–Kier alpha value is -2.65. The summed E-state index contributed by atoms with van der Waals surface area (Å²) in [6.07, 6.45) is -1.05. The largest absolute Gasteiger partial charge is 0.491 e. The Morgan fingerprint density at radius 2 is 1.15 bits per heavy atom. The van der Waals surface area contributed by atoms with Gasteiger partial charge in [-0.1, -0.05) is 78.9 Å². The van der Waals surface area contributed by atoms with Crippen LogP contribution in [0.3, 0.4) is 0 Å². The second kappa shape index (κ2) is 9.73. The van der Waals surface area contributed by atoms with Gasteiger partial charge in [-0.3, -0.25) is 4.90 Å². The summed E-state index contributed by atoms with van der Waals surface area (Å²) in [5, 5.41) is 0. The Balaban J connectivity index is 1.60. The molecule has 0 saturated carbocycles. The first kappa shape index (κ1) is 18.2. The topological polar surface area (TPSA) is 12.5 Å². The lowest BCUT2D eigenvalue weighted by Crippen LogP contribution is -2.32. The highest BCUT2D eigenvalue weighted by atomic mass is 19.1. The van der Waals surface area contributed by atoms with Crippen molar-refractivity contribution in [3.63, 3.8) is 0 Å². The maximum atomic E-state index is 14.6. The van der Waals surface area contributed by atoms with Crippen LogP contribution in [-0.4, -0.2) is 24.2 Å². The molecule has 0 aromatic heterocycles. The van der Waals surface area contributed by atoms with Crippen LogP contribution in [0.2, 0.25) is 0 Å². The first-order valence-electron chi connectivity index (χ1n) is 8.92. The molecular weight excluding hydrogens is 325 g/mol. The number of halogens is 1. The Morgan fingerprint density at radius 1 is 0.692 bits per heavy atom. The lowest BCUT2D eigenvalue weighted by Gasteiger charge is -2.24. The number of rotatable bonds is 9. The molecule has 0 amide bonds. The molecule has 26 heavy (non-hydrogen) atoms. The van der Waals surface area contributed by atoms with Gasteiger partial charge in [-0.25, -0.2) is 4.39 Å². The van der Waals surface area contributed by atoms with E-state index in [1.54, 1.807) is 0 Å². The zero-order chi connectivity index (χ0) is 18.0. The van der Waals surface area contributed by atoms with E-state index in [0.29, 0.717) is 25.4 Å². The summed E-state index contributed by atoms with van der Waals surface area (Å²) in [4.78, 5) is 2.13. The van der Waals surface area contributed by atoms with E-state index < -0.39 is 6.17 Å². The van der Waals surface area contributed by atoms with Crippen LogP contribution in [0.1, 0.15) is 11.1 Å². The van der Waals surface area contributed by atoms with Gasteiger partial charge in [0.2, 0.25) is 0 Å². The molecule has 0 aliphatic carbocycles. The molecule has 134 valence electrons. The molecular formula is C23H24FNO. The van der Waals surface area contributed by atoms with E-state index in [9.17, 15) is 4.39 Å². The molecule has 0 aliphatic heterocycles. The van der Waals surface area contributed by atoms with E-state index in [-0.39, 0.29) is 6.61 Å². The SMILES string of the molecule is F[C@@H](COc1ccccc1)CN(Cc1ccccc1)Cc1ccccc1. The maximum Gasteiger partial charge on any atom is 0.147 e. The normalized spacial score (nSPS) is 12.1. The van der Waals surface area contributed by atoms with Crippen LogP contribution in [0.5, 0.6) is 5.75 Å². The highest BCUT2D eigenvalue weighted by Gasteiger charge is 2.15. The number of para-hydroxylation sites is 1. The zero-order valence-corrected chi connectivity index (χ0v) is 14.8. The second-order valence-electron chi connectivity index (χ2n) is 6.36. The predicted molar refractivity (Wildman–Crippen MR) is 104 cm³/mol. The third-order valence-corrected chi connectivity index (χ3v) is 4.13. The molecule has 3 heteroatoms. The number of hydrogen-bond donors (Lipinski definition) is 0. The average Bonchev–Trinajstić information content (AvgIpc) is 2.69. The van der Waals surface area contributed by atoms with Crippen molar-refractivity contribution in [1.29, 1.82) is 0 Å². The minimum atomic E-state index is -1.05. The van der Waals surface area contributed by atoms with Gasteiger partial charge < -0.3 is 4.74 Å². The van der Waals surface area contributed by atoms with E-state index in [1.807, 2.05) is 66.7 Å². The van der Waals surface area contributed by atoms with Crippen LogP contribution < -0.4 is 4.74 Å². The summed E-state index contributed by atoms with van der Waals surface area (Å²) in [5.41, 5.74) is 2.36. The molecule has 0 heterocycles. The van der Waals surface area contributed by atoms with Crippen LogP contribution in [-0.2, 0) is 13.1 Å². The number of nitrogens with zero attached hydrogens (tertiary/aromatic N) is 1. The van der Waals surface area contributed by atoms with Gasteiger partial charge in [-0.15, -0.1) is 0 Å². The van der Waals surface area contributed by atoms with Gasteiger partial charge in [-0.05, 0) is 23.3 Å². The Bertz CT molecular complexity index is 707. The van der Waals surface area contributed by atoms with Gasteiger partial charge in [0.1, 0.15) is 18.5 Å². The smallest absolute Gasteiger partial charge is 0.147 e. The first-order valence-corrected chi connectivity index (χ1v) is 8.92. The van der Waals surface area contributed by atoms with E-state index in [1.165, 1.54) is 11.1 Å². The molecule has 1 atom stereocenters. The van der Waals surface area contributed by atoms with E-state index >= 15 is 0 Å². The minimum Gasteiger partial charge on any atom is -0.491 e. The molecule has 0 fully saturated rings. The van der Waals surface area contributed by atoms with Crippen molar-refractivity contribution in [1.82, 2.24) is 4.90 Å². The Morgan fingerprint density at radius 3 is 1.65 bits per heavy atom. The standard InChI is InChI=1S/C23H24FNO/c24-22(19-26-23-14-8-3-9-15-23)18-25(16-20-10-4-1-5-11-20)17-21-12-6-2-7-13-21/h1-15,22H,16-19H2/t22-/m1/s1. The molecule has 2 nitrogen and oxygen atoms in total. The Kier molecular flexibility index (Phi) is 6.80. The molecule has 3 aromatic carbocycles. The van der Waals surface area contributed by atoms with Crippen molar-refractivity contribution in [2.75, 3.05) is 13.2 Å². The molecule has 0 radical (unpaired) electrons. The van der Waals surface area contributed by atoms with Crippen molar-refractivity contribution in [3.05, 3.63) is 102 Å². The van der Waals surface area contributed by atoms with Crippen LogP contribution >= 0.6 is 0 Å². The monoisotopic (exact) mass is 349 g/mol. The van der Waals surface area contributed by atoms with Crippen molar-refractivity contribution in [3.8, 4) is 5.75 Å². The van der Waals surface area contributed by atoms with Crippen molar-refractivity contribution < 1.29 is 9.13 Å². The number of hydrogen-bond acceptors (Lipinski definition) is 2. The van der Waals surface area contributed by atoms with Crippen LogP contribution in [0.15, 0.2) is 91.0 Å². The molecule has 0 aliphatic rings. The number of ether oxygens (including phenoxy) is 1. The highest BCUT2D eigenvalue weighted by molar-refractivity contribution is 5.21. The first-order chi connectivity index (χ1) is 12.8. The van der Waals surface area contributed by atoms with Gasteiger partial charge in [-0.2, -0.15) is 0 Å². The van der Waals surface area contributed by atoms with Gasteiger partial charge in [0, 0.05) is 19.6 Å². The molecule has 0 unspecified atom stereocenters. The second-order valence-corrected chi connectivity index (χ2v) is 6.36. The lowest BCUT2D eigenvalue weighted by atomic mass is 10.1. The van der Waals surface area contributed by atoms with E-state index in [2.05, 4.69) is 29.2 Å². The zero-order valence-electron chi connectivity index (χ0n) is 14.8. The fourth-order valence-electron chi connectivity index (χ4n) is 2.90. The van der Waals surface area contributed by atoms with Gasteiger partial charge in [0.15, 0.2) is 0 Å². The van der Waals surface area contributed by atoms with Crippen molar-refractivity contribution in [2.45, 2.75) is 19.3 Å². The summed E-state index contributed by atoms with van der Waals surface area (Å²) in [5.74, 6) is 0.702. The summed E-state index contributed by atoms with van der Waals surface area (Å²) >= 11 is 0. The summed E-state index contributed by atoms with van der Waals surface area (Å²) in [7, 11) is 0. The van der Waals surface area contributed by atoms with Gasteiger partial charge >= 0.3 is 0 Å². The lowest BCUT2D eigenvalue weighted by molar-refractivity contribution is 0.129. The molecule has 0 spiro atoms. The fraction of sp³-hybridized carbons (Fsp3) is 0.217. The average molecular weight is 349 g/mol. The summed E-state index contributed by atoms with van der Waals surface area (Å²) in [6, 6.07) is 29.7. The van der Waals surface area contributed by atoms with Crippen LogP contribution in [0, 0.1) is 0 Å². The van der Waals surface area contributed by atoms with E-state index in [4.69, 9.17) is 4.74 Å². The van der Waals surface area contributed by atoms with Crippen LogP contribution in [0.4, 0.5) is 4.39 Å². The Labute approximate surface area is 154 Å². The molecule has 0 saturated heterocycles. The van der Waals surface area contributed by atoms with Crippen molar-refractivity contribution in [2.24, 2.45) is 0 Å². The third kappa shape index (κ3) is 6.01. The fourth-order valence-corrected chi connectivity index (χ4v) is 2.90. The highest BCUT2D eigenvalue weighted by Crippen LogP contribution is 2.13. The molecule has 3 aromatic rings. The van der Waals surface area contributed by atoms with Crippen molar-refractivity contribution >= 4 is 0 Å². The minimum absolute atomic E-state index is 0.0596. The van der Waals surface area contributed by atoms with Gasteiger partial charge in [0.25, 0.3) is 0 Å². The molecule has 0 N–H and O–H groups in total. The van der Waals surface area contributed by atoms with Gasteiger partial charge in [0.05, 0.1) is 0 Å². The summed E-state index contributed by atoms with van der Waals surface area (Å²) < 4.78 is 20.1.